The molecule has 0 heterocycles. The fraction of sp³-hybridized carbons (Fsp3) is 0.188. The molecule has 2 rings (SSSR count). The first-order valence-corrected chi connectivity index (χ1v) is 6.90. The van der Waals surface area contributed by atoms with Crippen molar-refractivity contribution in [1.82, 2.24) is 0 Å². The standard InChI is InChI=1S/C16H17ClN2O2/c1-11-2-7-14(8-15(11)18)19-16(20)10-21-9-12-3-5-13(17)6-4-12/h2-8H,9-10,18H2,1H3,(H,19,20). The highest BCUT2D eigenvalue weighted by molar-refractivity contribution is 6.30. The van der Waals surface area contributed by atoms with Crippen molar-refractivity contribution in [2.24, 2.45) is 0 Å². The maximum absolute atomic E-state index is 11.8. The number of aryl methyl sites for hydroxylation is 1. The Morgan fingerprint density at radius 2 is 1.95 bits per heavy atom. The minimum absolute atomic E-state index is 0.0175. The topological polar surface area (TPSA) is 64.3 Å². The first-order valence-electron chi connectivity index (χ1n) is 6.53. The number of amides is 1. The minimum Gasteiger partial charge on any atom is -0.398 e. The number of nitrogen functional groups attached to an aromatic ring is 1. The molecule has 110 valence electrons. The monoisotopic (exact) mass is 304 g/mol. The van der Waals surface area contributed by atoms with Crippen LogP contribution < -0.4 is 11.1 Å². The van der Waals surface area contributed by atoms with Crippen LogP contribution >= 0.6 is 11.6 Å². The lowest BCUT2D eigenvalue weighted by Gasteiger charge is -2.08. The van der Waals surface area contributed by atoms with Gasteiger partial charge in [0.1, 0.15) is 6.61 Å². The number of hydrogen-bond acceptors (Lipinski definition) is 3. The maximum atomic E-state index is 11.8. The molecule has 1 amide bonds. The quantitative estimate of drug-likeness (QED) is 0.832. The summed E-state index contributed by atoms with van der Waals surface area (Å²) in [4.78, 5) is 11.8. The minimum atomic E-state index is -0.216. The van der Waals surface area contributed by atoms with Crippen molar-refractivity contribution in [3.05, 3.63) is 58.6 Å². The molecule has 0 unspecified atom stereocenters. The van der Waals surface area contributed by atoms with E-state index in [1.54, 1.807) is 18.2 Å². The van der Waals surface area contributed by atoms with E-state index in [1.807, 2.05) is 31.2 Å². The molecule has 0 spiro atoms. The fourth-order valence-electron chi connectivity index (χ4n) is 1.76. The summed E-state index contributed by atoms with van der Waals surface area (Å²) < 4.78 is 5.36. The number of carbonyl (C=O) groups is 1. The third-order valence-electron chi connectivity index (χ3n) is 2.98. The summed E-state index contributed by atoms with van der Waals surface area (Å²) in [7, 11) is 0. The van der Waals surface area contributed by atoms with Crippen molar-refractivity contribution in [2.75, 3.05) is 17.7 Å². The van der Waals surface area contributed by atoms with Crippen LogP contribution in [0.3, 0.4) is 0 Å². The van der Waals surface area contributed by atoms with E-state index in [0.29, 0.717) is 23.0 Å². The fourth-order valence-corrected chi connectivity index (χ4v) is 1.88. The number of halogens is 1. The zero-order valence-corrected chi connectivity index (χ0v) is 12.5. The van der Waals surface area contributed by atoms with Crippen LogP contribution in [-0.4, -0.2) is 12.5 Å². The predicted molar refractivity (Wildman–Crippen MR) is 85.3 cm³/mol. The molecule has 0 radical (unpaired) electrons. The van der Waals surface area contributed by atoms with Gasteiger partial charge in [-0.25, -0.2) is 0 Å². The van der Waals surface area contributed by atoms with Gasteiger partial charge in [0.25, 0.3) is 0 Å². The van der Waals surface area contributed by atoms with E-state index >= 15 is 0 Å². The Hall–Kier alpha value is -2.04. The largest absolute Gasteiger partial charge is 0.398 e. The Balaban J connectivity index is 1.79. The van der Waals surface area contributed by atoms with Crippen LogP contribution in [0.15, 0.2) is 42.5 Å². The molecule has 2 aromatic carbocycles. The normalized spacial score (nSPS) is 10.4. The molecule has 4 nitrogen and oxygen atoms in total. The molecular weight excluding hydrogens is 288 g/mol. The molecule has 3 N–H and O–H groups in total. The molecule has 21 heavy (non-hydrogen) atoms. The van der Waals surface area contributed by atoms with Crippen LogP contribution in [-0.2, 0) is 16.1 Å². The van der Waals surface area contributed by atoms with Gasteiger partial charge in [-0.05, 0) is 42.3 Å². The summed E-state index contributed by atoms with van der Waals surface area (Å²) >= 11 is 5.80. The van der Waals surface area contributed by atoms with Crippen LogP contribution in [0.2, 0.25) is 5.02 Å². The molecule has 0 aliphatic heterocycles. The zero-order chi connectivity index (χ0) is 15.2. The summed E-state index contributed by atoms with van der Waals surface area (Å²) in [5, 5.41) is 3.41. The molecule has 0 aromatic heterocycles. The van der Waals surface area contributed by atoms with Crippen molar-refractivity contribution in [1.29, 1.82) is 0 Å². The lowest BCUT2D eigenvalue weighted by molar-refractivity contribution is -0.121. The van der Waals surface area contributed by atoms with Gasteiger partial charge in [-0.15, -0.1) is 0 Å². The van der Waals surface area contributed by atoms with Crippen molar-refractivity contribution in [2.45, 2.75) is 13.5 Å². The van der Waals surface area contributed by atoms with E-state index in [0.717, 1.165) is 11.1 Å². The third-order valence-corrected chi connectivity index (χ3v) is 3.23. The SMILES string of the molecule is Cc1ccc(NC(=O)COCc2ccc(Cl)cc2)cc1N. The Morgan fingerprint density at radius 1 is 1.24 bits per heavy atom. The van der Waals surface area contributed by atoms with E-state index in [-0.39, 0.29) is 12.5 Å². The van der Waals surface area contributed by atoms with E-state index in [9.17, 15) is 4.79 Å². The van der Waals surface area contributed by atoms with Gasteiger partial charge >= 0.3 is 0 Å². The second-order valence-corrected chi connectivity index (χ2v) is 5.18. The van der Waals surface area contributed by atoms with Gasteiger partial charge in [-0.3, -0.25) is 4.79 Å². The Morgan fingerprint density at radius 3 is 2.62 bits per heavy atom. The lowest BCUT2D eigenvalue weighted by atomic mass is 10.2. The Kier molecular flexibility index (Phi) is 5.20. The lowest BCUT2D eigenvalue weighted by Crippen LogP contribution is -2.18. The number of hydrogen-bond donors (Lipinski definition) is 2. The third kappa shape index (κ3) is 4.77. The second kappa shape index (κ2) is 7.11. The number of anilines is 2. The Labute approximate surface area is 128 Å². The summed E-state index contributed by atoms with van der Waals surface area (Å²) in [6.07, 6.45) is 0. The summed E-state index contributed by atoms with van der Waals surface area (Å²) in [5.41, 5.74) is 9.05. The highest BCUT2D eigenvalue weighted by Crippen LogP contribution is 2.16. The van der Waals surface area contributed by atoms with Crippen LogP contribution in [0.1, 0.15) is 11.1 Å². The van der Waals surface area contributed by atoms with Gasteiger partial charge in [0, 0.05) is 16.4 Å². The molecular formula is C16H17ClN2O2. The van der Waals surface area contributed by atoms with Crippen molar-refractivity contribution in [3.8, 4) is 0 Å². The van der Waals surface area contributed by atoms with E-state index in [4.69, 9.17) is 22.1 Å². The van der Waals surface area contributed by atoms with Crippen LogP contribution in [0.5, 0.6) is 0 Å². The first-order chi connectivity index (χ1) is 10.0. The van der Waals surface area contributed by atoms with Gasteiger partial charge in [0.05, 0.1) is 6.61 Å². The average Bonchev–Trinajstić information content (AvgIpc) is 2.45. The van der Waals surface area contributed by atoms with E-state index < -0.39 is 0 Å². The number of nitrogens with two attached hydrogens (primary N) is 1. The number of rotatable bonds is 5. The molecule has 0 bridgehead atoms. The highest BCUT2D eigenvalue weighted by atomic mass is 35.5. The van der Waals surface area contributed by atoms with Gasteiger partial charge in [-0.2, -0.15) is 0 Å². The highest BCUT2D eigenvalue weighted by Gasteiger charge is 2.04. The number of carbonyl (C=O) groups excluding carboxylic acids is 1. The molecule has 2 aromatic rings. The van der Waals surface area contributed by atoms with Crippen LogP contribution in [0.25, 0.3) is 0 Å². The summed E-state index contributed by atoms with van der Waals surface area (Å²) in [5.74, 6) is -0.216. The smallest absolute Gasteiger partial charge is 0.250 e. The Bertz CT molecular complexity index is 627. The van der Waals surface area contributed by atoms with Crippen LogP contribution in [0.4, 0.5) is 11.4 Å². The molecule has 0 saturated heterocycles. The molecule has 0 aliphatic rings. The van der Waals surface area contributed by atoms with E-state index in [2.05, 4.69) is 5.32 Å². The number of ether oxygens (including phenoxy) is 1. The zero-order valence-electron chi connectivity index (χ0n) is 11.7. The molecule has 5 heteroatoms. The van der Waals surface area contributed by atoms with Crippen molar-refractivity contribution in [3.63, 3.8) is 0 Å². The van der Waals surface area contributed by atoms with Gasteiger partial charge in [-0.1, -0.05) is 29.8 Å². The summed E-state index contributed by atoms with van der Waals surface area (Å²) in [6.45, 7) is 2.26. The summed E-state index contributed by atoms with van der Waals surface area (Å²) in [6, 6.07) is 12.7. The number of nitrogens with one attached hydrogen (secondary N) is 1. The molecule has 0 saturated carbocycles. The first kappa shape index (κ1) is 15.4. The molecule has 0 fully saturated rings. The van der Waals surface area contributed by atoms with Crippen molar-refractivity contribution < 1.29 is 9.53 Å². The average molecular weight is 305 g/mol. The van der Waals surface area contributed by atoms with E-state index in [1.165, 1.54) is 0 Å². The van der Waals surface area contributed by atoms with Gasteiger partial charge in [0.15, 0.2) is 0 Å². The maximum Gasteiger partial charge on any atom is 0.250 e. The molecule has 0 aliphatic carbocycles. The second-order valence-electron chi connectivity index (χ2n) is 4.74. The number of benzene rings is 2. The predicted octanol–water partition coefficient (Wildman–Crippen LogP) is 3.39. The van der Waals surface area contributed by atoms with Crippen LogP contribution in [0, 0.1) is 6.92 Å². The van der Waals surface area contributed by atoms with Gasteiger partial charge in [0.2, 0.25) is 5.91 Å². The molecule has 0 atom stereocenters. The van der Waals surface area contributed by atoms with Gasteiger partial charge < -0.3 is 15.8 Å². The van der Waals surface area contributed by atoms with Crippen molar-refractivity contribution >= 4 is 28.9 Å².